The Morgan fingerprint density at radius 1 is 0.833 bits per heavy atom. The molecule has 0 rings (SSSR count). The van der Waals surface area contributed by atoms with Crippen molar-refractivity contribution >= 4 is 0 Å². The van der Waals surface area contributed by atoms with Gasteiger partial charge in [-0.3, -0.25) is 10.9 Å². The molecule has 0 aromatic carbocycles. The van der Waals surface area contributed by atoms with Gasteiger partial charge in [0, 0.05) is 0 Å². The predicted molar refractivity (Wildman–Crippen MR) is 56.9 cm³/mol. The normalized spacial score (nSPS) is 7.33. The monoisotopic (exact) mass is 278 g/mol. The summed E-state index contributed by atoms with van der Waals surface area (Å²) < 4.78 is 0. The lowest BCUT2D eigenvalue weighted by Crippen LogP contribution is -2.91. The summed E-state index contributed by atoms with van der Waals surface area (Å²) in [6.45, 7) is 1.52. The van der Waals surface area contributed by atoms with E-state index in [1.165, 1.54) is 10.9 Å². The summed E-state index contributed by atoms with van der Waals surface area (Å²) in [7, 11) is 0. The van der Waals surface area contributed by atoms with E-state index in [0.717, 1.165) is 0 Å². The number of hydrogen-bond donors (Lipinski definition) is 6. The number of nitrogens with two attached hydrogens (primary N) is 4. The van der Waals surface area contributed by atoms with Gasteiger partial charge in [0.15, 0.2) is 0 Å². The van der Waals surface area contributed by atoms with E-state index in [1.54, 1.807) is 0 Å². The minimum absolute atomic E-state index is 0.163. The third kappa shape index (κ3) is 526. The number of aliphatic hydroxyl groups is 2. The highest BCUT2D eigenvalue weighted by Crippen LogP contribution is 1.44. The van der Waals surface area contributed by atoms with E-state index in [1.807, 2.05) is 0 Å². The van der Waals surface area contributed by atoms with E-state index >= 15 is 0 Å². The second-order valence-electron chi connectivity index (χ2n) is 1.94. The van der Waals surface area contributed by atoms with E-state index in [9.17, 15) is 0 Å². The first kappa shape index (κ1) is 25.1. The van der Waals surface area contributed by atoms with Crippen LogP contribution in [0.5, 0.6) is 0 Å². The predicted octanol–water partition coefficient (Wildman–Crippen LogP) is -5.65. The molecule has 10 N–H and O–H groups in total. The minimum Gasteiger partial charge on any atom is -0.390 e. The lowest BCUT2D eigenvalue weighted by Gasteiger charge is -1.81. The summed E-state index contributed by atoms with van der Waals surface area (Å²) in [6.07, 6.45) is 0. The molecular formula is C4H18N6O8. The Bertz CT molecular complexity index is 140. The van der Waals surface area contributed by atoms with Crippen molar-refractivity contribution in [1.29, 1.82) is 0 Å². The van der Waals surface area contributed by atoms with E-state index in [0.29, 0.717) is 13.1 Å². The maximum Gasteiger partial charge on any atom is 0.116 e. The molecule has 0 aliphatic heterocycles. The molecular weight excluding hydrogens is 260 g/mol. The summed E-state index contributed by atoms with van der Waals surface area (Å²) in [5.74, 6) is 9.71. The Morgan fingerprint density at radius 3 is 1.00 bits per heavy atom. The summed E-state index contributed by atoms with van der Waals surface area (Å²) in [4.78, 5) is 16.5. The third-order valence-corrected chi connectivity index (χ3v) is 0.592. The van der Waals surface area contributed by atoms with Gasteiger partial charge in [-0.2, -0.15) is 11.7 Å². The first-order valence-electron chi connectivity index (χ1n) is 4.21. The molecule has 0 saturated carbocycles. The zero-order valence-electron chi connectivity index (χ0n) is 9.38. The van der Waals surface area contributed by atoms with Crippen LogP contribution >= 0.6 is 0 Å². The summed E-state index contributed by atoms with van der Waals surface area (Å²) >= 11 is 0. The average molecular weight is 278 g/mol. The Kier molecular flexibility index (Phi) is 41.1. The van der Waals surface area contributed by atoms with Crippen molar-refractivity contribution in [2.75, 3.05) is 26.3 Å². The third-order valence-electron chi connectivity index (χ3n) is 0.592. The molecule has 0 aromatic rings. The smallest absolute Gasteiger partial charge is 0.116 e. The highest BCUT2D eigenvalue weighted by atomic mass is 16.9. The summed E-state index contributed by atoms with van der Waals surface area (Å²) in [6, 6.07) is 0. The highest BCUT2D eigenvalue weighted by Gasteiger charge is 1.71. The molecule has 18 heavy (non-hydrogen) atoms. The van der Waals surface area contributed by atoms with E-state index in [-0.39, 0.29) is 13.2 Å². The lowest BCUT2D eigenvalue weighted by molar-refractivity contribution is -0.668. The molecule has 0 fully saturated rings. The largest absolute Gasteiger partial charge is 0.390 e. The molecule has 0 unspecified atom stereocenters. The fourth-order valence-electron chi connectivity index (χ4n) is 0.149. The van der Waals surface area contributed by atoms with Crippen molar-refractivity contribution in [3.05, 3.63) is 30.6 Å². The SMILES string of the molecule is N[NH2+]CCO.N[NH2+]CCO.O=[N+]([O-])[O-].O=[N+]([O-])[O-]. The topological polar surface area (TPSA) is 258 Å². The second-order valence-corrected chi connectivity index (χ2v) is 1.94. The lowest BCUT2D eigenvalue weighted by atomic mass is 10.7. The molecule has 0 heterocycles. The van der Waals surface area contributed by atoms with E-state index in [4.69, 9.17) is 52.5 Å². The molecule has 0 spiro atoms. The molecule has 0 amide bonds. The fraction of sp³-hybridized carbons (Fsp3) is 1.00. The van der Waals surface area contributed by atoms with Crippen molar-refractivity contribution < 1.29 is 31.2 Å². The van der Waals surface area contributed by atoms with Gasteiger partial charge in [-0.05, 0) is 0 Å². The van der Waals surface area contributed by atoms with Crippen LogP contribution in [0.3, 0.4) is 0 Å². The molecule has 0 atom stereocenters. The molecule has 0 saturated heterocycles. The van der Waals surface area contributed by atoms with Crippen LogP contribution in [0.25, 0.3) is 0 Å². The van der Waals surface area contributed by atoms with E-state index < -0.39 is 10.2 Å². The van der Waals surface area contributed by atoms with Crippen LogP contribution in [-0.4, -0.2) is 46.7 Å². The van der Waals surface area contributed by atoms with Gasteiger partial charge >= 0.3 is 0 Å². The van der Waals surface area contributed by atoms with Crippen LogP contribution in [0, 0.1) is 30.6 Å². The van der Waals surface area contributed by atoms with Gasteiger partial charge < -0.3 is 40.9 Å². The van der Waals surface area contributed by atoms with Gasteiger partial charge in [-0.15, -0.1) is 0 Å². The van der Waals surface area contributed by atoms with Gasteiger partial charge in [0.1, 0.15) is 13.1 Å². The van der Waals surface area contributed by atoms with Gasteiger partial charge in [-0.1, -0.05) is 0 Å². The van der Waals surface area contributed by atoms with Crippen LogP contribution in [0.2, 0.25) is 0 Å². The van der Waals surface area contributed by atoms with Crippen LogP contribution in [0.1, 0.15) is 0 Å². The van der Waals surface area contributed by atoms with Crippen molar-refractivity contribution in [3.63, 3.8) is 0 Å². The number of rotatable bonds is 4. The zero-order valence-corrected chi connectivity index (χ0v) is 9.38. The quantitative estimate of drug-likeness (QED) is 0.161. The fourth-order valence-corrected chi connectivity index (χ4v) is 0.149. The van der Waals surface area contributed by atoms with Gasteiger partial charge in [0.05, 0.1) is 23.4 Å². The Balaban J connectivity index is -0.0000000731. The number of nitrogens with zero attached hydrogens (tertiary/aromatic N) is 2. The number of aliphatic hydroxyl groups excluding tert-OH is 2. The van der Waals surface area contributed by atoms with E-state index in [2.05, 4.69) is 0 Å². The maximum atomic E-state index is 8.25. The molecule has 0 aliphatic rings. The van der Waals surface area contributed by atoms with Crippen LogP contribution in [0.4, 0.5) is 0 Å². The Hall–Kier alpha value is -1.84. The van der Waals surface area contributed by atoms with Crippen molar-refractivity contribution in [1.82, 2.24) is 0 Å². The Morgan fingerprint density at radius 2 is 1.00 bits per heavy atom. The van der Waals surface area contributed by atoms with Gasteiger partial charge in [0.2, 0.25) is 0 Å². The zero-order chi connectivity index (χ0) is 15.4. The van der Waals surface area contributed by atoms with Crippen LogP contribution < -0.4 is 22.5 Å². The summed E-state index contributed by atoms with van der Waals surface area (Å²) in [5.41, 5.74) is 2.86. The molecule has 0 radical (unpaired) electrons. The number of quaternary nitrogens is 2. The average Bonchev–Trinajstić information content (AvgIpc) is 2.19. The van der Waals surface area contributed by atoms with Crippen LogP contribution in [0.15, 0.2) is 0 Å². The molecule has 14 nitrogen and oxygen atoms in total. The van der Waals surface area contributed by atoms with Crippen molar-refractivity contribution in [2.45, 2.75) is 0 Å². The van der Waals surface area contributed by atoms with Gasteiger partial charge in [0.25, 0.3) is 0 Å². The molecule has 0 aromatic heterocycles. The molecule has 0 aliphatic carbocycles. The minimum atomic E-state index is -1.75. The van der Waals surface area contributed by atoms with Gasteiger partial charge in [-0.25, -0.2) is 0 Å². The molecule has 14 heteroatoms. The van der Waals surface area contributed by atoms with Crippen molar-refractivity contribution in [3.8, 4) is 0 Å². The first-order chi connectivity index (χ1) is 8.29. The summed E-state index contributed by atoms with van der Waals surface area (Å²) in [5, 5.41) is 45.4. The number of hydrogen-bond acceptors (Lipinski definition) is 10. The van der Waals surface area contributed by atoms with Crippen molar-refractivity contribution in [2.24, 2.45) is 11.7 Å². The molecule has 112 valence electrons. The first-order valence-corrected chi connectivity index (χ1v) is 4.21. The second kappa shape index (κ2) is 29.4. The maximum absolute atomic E-state index is 8.25. The van der Waals surface area contributed by atoms with Crippen LogP contribution in [-0.2, 0) is 0 Å². The molecule has 0 bridgehead atoms. The highest BCUT2D eigenvalue weighted by molar-refractivity contribution is 4.06. The standard InChI is InChI=1S/2C2H8N2O.2NO3/c2*3-4-1-2-5;2*2-1(3)4/h2*4-5H,1-3H2;;/q;;2*-1/p+2. The Labute approximate surface area is 101 Å².